The number of nitriles is 2. The molecule has 2 rings (SSSR count). The van der Waals surface area contributed by atoms with Crippen molar-refractivity contribution < 1.29 is 4.79 Å². The number of carbonyl (C=O) groups excluding carboxylic acids is 1. The van der Waals surface area contributed by atoms with Crippen LogP contribution in [0, 0.1) is 22.7 Å². The number of nitrogens with one attached hydrogen (secondary N) is 1. The number of hydrogen-bond acceptors (Lipinski definition) is 5. The third kappa shape index (κ3) is 2.53. The van der Waals surface area contributed by atoms with Crippen molar-refractivity contribution in [2.45, 2.75) is 6.42 Å². The van der Waals surface area contributed by atoms with Gasteiger partial charge >= 0.3 is 0 Å². The summed E-state index contributed by atoms with van der Waals surface area (Å²) in [6.07, 6.45) is 0.778. The van der Waals surface area contributed by atoms with E-state index in [2.05, 4.69) is 10.5 Å². The van der Waals surface area contributed by atoms with Crippen LogP contribution in [0.5, 0.6) is 0 Å². The molecule has 0 aromatic heterocycles. The molecule has 1 aromatic rings. The van der Waals surface area contributed by atoms with E-state index in [9.17, 15) is 4.79 Å². The molecule has 1 amide bonds. The Labute approximate surface area is 110 Å². The highest BCUT2D eigenvalue weighted by Gasteiger charge is 2.21. The number of likely N-dealkylation sites (N-methyl/N-ethyl adjacent to an activating group) is 1. The molecule has 0 atom stereocenters. The summed E-state index contributed by atoms with van der Waals surface area (Å²) in [6.45, 7) is 0.681. The van der Waals surface area contributed by atoms with Crippen molar-refractivity contribution in [3.63, 3.8) is 0 Å². The Morgan fingerprint density at radius 2 is 2.16 bits per heavy atom. The van der Waals surface area contributed by atoms with Crippen LogP contribution < -0.4 is 5.43 Å². The first-order valence-electron chi connectivity index (χ1n) is 5.68. The van der Waals surface area contributed by atoms with E-state index in [0.29, 0.717) is 17.8 Å². The average Bonchev–Trinajstić information content (AvgIpc) is 2.44. The first kappa shape index (κ1) is 12.6. The van der Waals surface area contributed by atoms with Crippen molar-refractivity contribution in [2.75, 3.05) is 19.0 Å². The van der Waals surface area contributed by atoms with E-state index < -0.39 is 0 Å². The van der Waals surface area contributed by atoms with Crippen LogP contribution in [0.3, 0.4) is 0 Å². The fourth-order valence-electron chi connectivity index (χ4n) is 1.87. The lowest BCUT2D eigenvalue weighted by atomic mass is 9.99. The standard InChI is InChI=1S/C13H11N5O/c1-18-5-4-9-6-10(2-3-12(9)13(18)19)16-17-11(7-14)8-15/h2-3,6,16H,4-5H2,1H3. The van der Waals surface area contributed by atoms with E-state index in [1.54, 1.807) is 36.2 Å². The van der Waals surface area contributed by atoms with Crippen molar-refractivity contribution in [3.05, 3.63) is 29.3 Å². The van der Waals surface area contributed by atoms with E-state index in [0.717, 1.165) is 12.0 Å². The smallest absolute Gasteiger partial charge is 0.253 e. The highest BCUT2D eigenvalue weighted by molar-refractivity contribution is 6.10. The van der Waals surface area contributed by atoms with E-state index in [1.807, 2.05) is 6.07 Å². The molecule has 1 aliphatic heterocycles. The molecule has 0 saturated heterocycles. The van der Waals surface area contributed by atoms with Crippen LogP contribution in [0.2, 0.25) is 0 Å². The van der Waals surface area contributed by atoms with Crippen LogP contribution in [0.25, 0.3) is 0 Å². The largest absolute Gasteiger partial charge is 0.341 e. The molecule has 6 heteroatoms. The van der Waals surface area contributed by atoms with Gasteiger partial charge in [0.05, 0.1) is 5.69 Å². The number of rotatable bonds is 2. The molecular weight excluding hydrogens is 242 g/mol. The molecule has 1 N–H and O–H groups in total. The van der Waals surface area contributed by atoms with Crippen molar-refractivity contribution in [3.8, 4) is 12.1 Å². The van der Waals surface area contributed by atoms with Crippen LogP contribution in [-0.4, -0.2) is 30.1 Å². The normalized spacial score (nSPS) is 13.0. The highest BCUT2D eigenvalue weighted by Crippen LogP contribution is 2.21. The predicted octanol–water partition coefficient (Wildman–Crippen LogP) is 1.13. The molecule has 0 spiro atoms. The summed E-state index contributed by atoms with van der Waals surface area (Å²) in [5.74, 6) is 0.00559. The Balaban J connectivity index is 2.24. The molecule has 0 bridgehead atoms. The van der Waals surface area contributed by atoms with Gasteiger partial charge in [-0.2, -0.15) is 15.6 Å². The van der Waals surface area contributed by atoms with E-state index >= 15 is 0 Å². The van der Waals surface area contributed by atoms with Gasteiger partial charge in [0.1, 0.15) is 12.1 Å². The van der Waals surface area contributed by atoms with Gasteiger partial charge in [-0.15, -0.1) is 0 Å². The topological polar surface area (TPSA) is 92.3 Å². The zero-order chi connectivity index (χ0) is 13.8. The van der Waals surface area contributed by atoms with E-state index in [4.69, 9.17) is 10.5 Å². The van der Waals surface area contributed by atoms with E-state index in [-0.39, 0.29) is 11.6 Å². The van der Waals surface area contributed by atoms with Gasteiger partial charge in [0.25, 0.3) is 5.91 Å². The number of amides is 1. The van der Waals surface area contributed by atoms with Gasteiger partial charge < -0.3 is 4.90 Å². The van der Waals surface area contributed by atoms with Gasteiger partial charge in [0.2, 0.25) is 5.71 Å². The third-order valence-electron chi connectivity index (χ3n) is 2.91. The fraction of sp³-hybridized carbons (Fsp3) is 0.231. The van der Waals surface area contributed by atoms with Crippen molar-refractivity contribution in [2.24, 2.45) is 5.10 Å². The third-order valence-corrected chi connectivity index (χ3v) is 2.91. The second-order valence-corrected chi connectivity index (χ2v) is 4.14. The first-order chi connectivity index (χ1) is 9.15. The molecule has 1 aromatic carbocycles. The maximum absolute atomic E-state index is 11.9. The summed E-state index contributed by atoms with van der Waals surface area (Å²) >= 11 is 0. The molecule has 19 heavy (non-hydrogen) atoms. The first-order valence-corrected chi connectivity index (χ1v) is 5.68. The minimum Gasteiger partial charge on any atom is -0.341 e. The number of hydrogen-bond donors (Lipinski definition) is 1. The van der Waals surface area contributed by atoms with Crippen molar-refractivity contribution in [1.29, 1.82) is 10.5 Å². The molecule has 0 aliphatic carbocycles. The Bertz CT molecular complexity index is 619. The summed E-state index contributed by atoms with van der Waals surface area (Å²) in [5, 5.41) is 20.8. The lowest BCUT2D eigenvalue weighted by Crippen LogP contribution is -2.34. The molecule has 0 saturated carbocycles. The van der Waals surface area contributed by atoms with Crippen molar-refractivity contribution in [1.82, 2.24) is 4.90 Å². The number of nitrogens with zero attached hydrogens (tertiary/aromatic N) is 4. The van der Waals surface area contributed by atoms with Crippen molar-refractivity contribution >= 4 is 17.3 Å². The lowest BCUT2D eigenvalue weighted by Gasteiger charge is -2.24. The number of hydrazone groups is 1. The van der Waals surface area contributed by atoms with Gasteiger partial charge in [-0.05, 0) is 30.2 Å². The fourth-order valence-corrected chi connectivity index (χ4v) is 1.87. The number of carbonyl (C=O) groups is 1. The lowest BCUT2D eigenvalue weighted by molar-refractivity contribution is 0.0781. The second-order valence-electron chi connectivity index (χ2n) is 4.14. The quantitative estimate of drug-likeness (QED) is 0.631. The average molecular weight is 253 g/mol. The predicted molar refractivity (Wildman–Crippen MR) is 69.4 cm³/mol. The second kappa shape index (κ2) is 5.19. The van der Waals surface area contributed by atoms with Crippen LogP contribution in [-0.2, 0) is 6.42 Å². The summed E-state index contributed by atoms with van der Waals surface area (Å²) in [4.78, 5) is 13.6. The number of benzene rings is 1. The zero-order valence-electron chi connectivity index (χ0n) is 10.3. The molecule has 0 radical (unpaired) electrons. The minimum atomic E-state index is -0.242. The summed E-state index contributed by atoms with van der Waals surface area (Å²) in [5.41, 5.74) is 4.68. The highest BCUT2D eigenvalue weighted by atomic mass is 16.2. The number of anilines is 1. The van der Waals surface area contributed by atoms with Gasteiger partial charge in [0.15, 0.2) is 0 Å². The minimum absolute atomic E-state index is 0.00559. The molecule has 6 nitrogen and oxygen atoms in total. The SMILES string of the molecule is CN1CCc2cc(NN=C(C#N)C#N)ccc2C1=O. The molecule has 0 fully saturated rings. The number of fused-ring (bicyclic) bond motifs is 1. The Hall–Kier alpha value is -2.86. The molecular formula is C13H11N5O. The monoisotopic (exact) mass is 253 g/mol. The van der Waals surface area contributed by atoms with Crippen LogP contribution >= 0.6 is 0 Å². The summed E-state index contributed by atoms with van der Waals surface area (Å²) < 4.78 is 0. The summed E-state index contributed by atoms with van der Waals surface area (Å²) in [7, 11) is 1.77. The van der Waals surface area contributed by atoms with Gasteiger partial charge in [0, 0.05) is 19.2 Å². The molecule has 1 heterocycles. The van der Waals surface area contributed by atoms with Gasteiger partial charge in [-0.1, -0.05) is 0 Å². The van der Waals surface area contributed by atoms with Crippen LogP contribution in [0.4, 0.5) is 5.69 Å². The maximum Gasteiger partial charge on any atom is 0.253 e. The van der Waals surface area contributed by atoms with E-state index in [1.165, 1.54) is 0 Å². The Morgan fingerprint density at radius 3 is 2.84 bits per heavy atom. The van der Waals surface area contributed by atoms with Gasteiger partial charge in [-0.3, -0.25) is 10.2 Å². The Kier molecular flexibility index (Phi) is 3.44. The molecule has 1 aliphatic rings. The zero-order valence-corrected chi connectivity index (χ0v) is 10.3. The molecule has 0 unspecified atom stereocenters. The maximum atomic E-state index is 11.9. The van der Waals surface area contributed by atoms with Crippen LogP contribution in [0.1, 0.15) is 15.9 Å². The van der Waals surface area contributed by atoms with Gasteiger partial charge in [-0.25, -0.2) is 0 Å². The Morgan fingerprint density at radius 1 is 1.42 bits per heavy atom. The summed E-state index contributed by atoms with van der Waals surface area (Å²) in [6, 6.07) is 8.57. The van der Waals surface area contributed by atoms with Crippen LogP contribution in [0.15, 0.2) is 23.3 Å². The molecule has 94 valence electrons.